The zero-order valence-corrected chi connectivity index (χ0v) is 16.0. The van der Waals surface area contributed by atoms with Gasteiger partial charge in [-0.1, -0.05) is 29.3 Å². The highest BCUT2D eigenvalue weighted by atomic mass is 79.9. The van der Waals surface area contributed by atoms with Crippen LogP contribution in [0.15, 0.2) is 46.4 Å². The molecule has 0 spiro atoms. The zero-order valence-electron chi connectivity index (χ0n) is 12.1. The number of hydrogen-bond acceptors (Lipinski definition) is 4. The van der Waals surface area contributed by atoms with Gasteiger partial charge in [0.15, 0.2) is 0 Å². The van der Waals surface area contributed by atoms with E-state index in [-0.39, 0.29) is 5.91 Å². The molecule has 0 saturated carbocycles. The van der Waals surface area contributed by atoms with Crippen molar-refractivity contribution in [2.24, 2.45) is 0 Å². The van der Waals surface area contributed by atoms with Gasteiger partial charge in [-0.15, -0.1) is 11.3 Å². The Hall–Kier alpha value is -1.47. The van der Waals surface area contributed by atoms with Gasteiger partial charge in [0.1, 0.15) is 11.5 Å². The van der Waals surface area contributed by atoms with Crippen LogP contribution in [-0.4, -0.2) is 15.9 Å². The minimum Gasteiger partial charge on any atom is -0.305 e. The summed E-state index contributed by atoms with van der Waals surface area (Å²) in [5.41, 5.74) is 1.14. The van der Waals surface area contributed by atoms with Gasteiger partial charge in [0.25, 0.3) is 5.91 Å². The smallest absolute Gasteiger partial charge is 0.276 e. The Morgan fingerprint density at radius 2 is 1.96 bits per heavy atom. The quantitative estimate of drug-likeness (QED) is 0.584. The van der Waals surface area contributed by atoms with Gasteiger partial charge in [0, 0.05) is 32.5 Å². The highest BCUT2D eigenvalue weighted by molar-refractivity contribution is 9.10. The number of pyridine rings is 1. The number of rotatable bonds is 4. The lowest BCUT2D eigenvalue weighted by Crippen LogP contribution is -2.13. The predicted molar refractivity (Wildman–Crippen MR) is 101 cm³/mol. The average molecular weight is 443 g/mol. The van der Waals surface area contributed by atoms with E-state index in [0.717, 1.165) is 15.0 Å². The molecule has 0 aliphatic heterocycles. The maximum atomic E-state index is 12.2. The Labute approximate surface area is 161 Å². The molecule has 0 fully saturated rings. The van der Waals surface area contributed by atoms with E-state index in [0.29, 0.717) is 28.0 Å². The first kappa shape index (κ1) is 17.4. The van der Waals surface area contributed by atoms with Crippen LogP contribution in [0.2, 0.25) is 10.0 Å². The molecule has 1 aromatic carbocycles. The molecule has 0 atom stereocenters. The third-order valence-electron chi connectivity index (χ3n) is 3.14. The Balaban J connectivity index is 1.73. The maximum Gasteiger partial charge on any atom is 0.276 e. The van der Waals surface area contributed by atoms with Crippen LogP contribution in [0.5, 0.6) is 0 Å². The minimum absolute atomic E-state index is 0.308. The van der Waals surface area contributed by atoms with Crippen molar-refractivity contribution in [3.63, 3.8) is 0 Å². The number of amides is 1. The van der Waals surface area contributed by atoms with E-state index in [1.807, 2.05) is 0 Å². The molecular formula is C16H10BrCl2N3OS. The number of carbonyl (C=O) groups is 1. The fourth-order valence-electron chi connectivity index (χ4n) is 1.98. The van der Waals surface area contributed by atoms with Gasteiger partial charge < -0.3 is 5.32 Å². The number of benzene rings is 1. The van der Waals surface area contributed by atoms with Crippen LogP contribution in [0.25, 0.3) is 0 Å². The van der Waals surface area contributed by atoms with E-state index in [1.54, 1.807) is 41.9 Å². The molecule has 0 bridgehead atoms. The van der Waals surface area contributed by atoms with Crippen LogP contribution in [0.4, 0.5) is 5.82 Å². The molecule has 3 rings (SSSR count). The van der Waals surface area contributed by atoms with E-state index in [4.69, 9.17) is 23.2 Å². The van der Waals surface area contributed by atoms with Crippen LogP contribution in [0.3, 0.4) is 0 Å². The normalized spacial score (nSPS) is 10.6. The van der Waals surface area contributed by atoms with Crippen molar-refractivity contribution in [2.45, 2.75) is 6.42 Å². The molecule has 0 aliphatic carbocycles. The van der Waals surface area contributed by atoms with Crippen molar-refractivity contribution >= 4 is 62.2 Å². The monoisotopic (exact) mass is 441 g/mol. The van der Waals surface area contributed by atoms with E-state index >= 15 is 0 Å². The van der Waals surface area contributed by atoms with Gasteiger partial charge in [-0.2, -0.15) is 0 Å². The van der Waals surface area contributed by atoms with Crippen LogP contribution in [-0.2, 0) is 6.42 Å². The molecule has 122 valence electrons. The standard InChI is InChI=1S/C16H10BrCl2N3OS/c17-9-4-5-14(20-7-9)22-16(23)13-8-24-15(21-13)6-10-11(18)2-1-3-12(10)19/h1-5,7-8H,6H2,(H,20,22,23). The summed E-state index contributed by atoms with van der Waals surface area (Å²) in [7, 11) is 0. The first-order valence-corrected chi connectivity index (χ1v) is 9.26. The molecule has 0 radical (unpaired) electrons. The van der Waals surface area contributed by atoms with Crippen molar-refractivity contribution in [3.8, 4) is 0 Å². The van der Waals surface area contributed by atoms with Gasteiger partial charge in [-0.3, -0.25) is 4.79 Å². The van der Waals surface area contributed by atoms with E-state index in [1.165, 1.54) is 11.3 Å². The predicted octanol–water partition coefficient (Wildman–Crippen LogP) is 5.45. The molecule has 1 amide bonds. The molecule has 4 nitrogen and oxygen atoms in total. The summed E-state index contributed by atoms with van der Waals surface area (Å²) in [6.07, 6.45) is 2.09. The maximum absolute atomic E-state index is 12.2. The molecule has 0 saturated heterocycles. The molecule has 24 heavy (non-hydrogen) atoms. The lowest BCUT2D eigenvalue weighted by atomic mass is 10.1. The zero-order chi connectivity index (χ0) is 17.1. The SMILES string of the molecule is O=C(Nc1ccc(Br)cn1)c1csc(Cc2c(Cl)cccc2Cl)n1. The Kier molecular flexibility index (Phi) is 5.50. The lowest BCUT2D eigenvalue weighted by molar-refractivity contribution is 0.102. The van der Waals surface area contributed by atoms with Gasteiger partial charge >= 0.3 is 0 Å². The second kappa shape index (κ2) is 7.61. The molecule has 0 aliphatic rings. The molecule has 3 aromatic rings. The topological polar surface area (TPSA) is 54.9 Å². The number of halogens is 3. The number of nitrogens with zero attached hydrogens (tertiary/aromatic N) is 2. The first-order valence-electron chi connectivity index (χ1n) is 6.83. The molecule has 1 N–H and O–H groups in total. The second-order valence-corrected chi connectivity index (χ2v) is 7.49. The van der Waals surface area contributed by atoms with Gasteiger partial charge in [0.2, 0.25) is 0 Å². The number of aromatic nitrogens is 2. The fraction of sp³-hybridized carbons (Fsp3) is 0.0625. The second-order valence-electron chi connectivity index (χ2n) is 4.82. The third kappa shape index (κ3) is 4.13. The Morgan fingerprint density at radius 1 is 1.21 bits per heavy atom. The van der Waals surface area contributed by atoms with Gasteiger partial charge in [-0.05, 0) is 45.8 Å². The molecule has 8 heteroatoms. The molecule has 2 aromatic heterocycles. The summed E-state index contributed by atoms with van der Waals surface area (Å²) in [4.78, 5) is 20.7. The highest BCUT2D eigenvalue weighted by Crippen LogP contribution is 2.28. The summed E-state index contributed by atoms with van der Waals surface area (Å²) >= 11 is 17.0. The van der Waals surface area contributed by atoms with Crippen molar-refractivity contribution < 1.29 is 4.79 Å². The van der Waals surface area contributed by atoms with Crippen molar-refractivity contribution in [2.75, 3.05) is 5.32 Å². The van der Waals surface area contributed by atoms with E-state index < -0.39 is 0 Å². The van der Waals surface area contributed by atoms with Crippen molar-refractivity contribution in [1.82, 2.24) is 9.97 Å². The summed E-state index contributed by atoms with van der Waals surface area (Å²) in [6.45, 7) is 0. The van der Waals surface area contributed by atoms with Crippen LogP contribution < -0.4 is 5.32 Å². The van der Waals surface area contributed by atoms with Crippen LogP contribution in [0.1, 0.15) is 21.1 Å². The van der Waals surface area contributed by atoms with E-state index in [2.05, 4.69) is 31.2 Å². The van der Waals surface area contributed by atoms with Crippen LogP contribution in [0, 0.1) is 0 Å². The van der Waals surface area contributed by atoms with Gasteiger partial charge in [0.05, 0.1) is 5.01 Å². The third-order valence-corrected chi connectivity index (χ3v) is 5.17. The Bertz CT molecular complexity index is 863. The minimum atomic E-state index is -0.308. The molecule has 0 unspecified atom stereocenters. The summed E-state index contributed by atoms with van der Waals surface area (Å²) < 4.78 is 0.841. The highest BCUT2D eigenvalue weighted by Gasteiger charge is 2.14. The van der Waals surface area contributed by atoms with Crippen LogP contribution >= 0.6 is 50.5 Å². The molecule has 2 heterocycles. The number of thiazole rings is 1. The number of carbonyl (C=O) groups excluding carboxylic acids is 1. The van der Waals surface area contributed by atoms with Crippen molar-refractivity contribution in [3.05, 3.63) is 72.7 Å². The summed E-state index contributed by atoms with van der Waals surface area (Å²) in [5, 5.41) is 6.34. The average Bonchev–Trinajstić information content (AvgIpc) is 3.02. The largest absolute Gasteiger partial charge is 0.305 e. The summed E-state index contributed by atoms with van der Waals surface area (Å²) in [5.74, 6) is 0.157. The first-order chi connectivity index (χ1) is 11.5. The molecular weight excluding hydrogens is 433 g/mol. The lowest BCUT2D eigenvalue weighted by Gasteiger charge is -2.04. The van der Waals surface area contributed by atoms with Crippen molar-refractivity contribution in [1.29, 1.82) is 0 Å². The van der Waals surface area contributed by atoms with Gasteiger partial charge in [-0.25, -0.2) is 9.97 Å². The van der Waals surface area contributed by atoms with E-state index in [9.17, 15) is 4.79 Å². The fourth-order valence-corrected chi connectivity index (χ4v) is 3.53. The summed E-state index contributed by atoms with van der Waals surface area (Å²) in [6, 6.07) is 8.86. The number of hydrogen-bond donors (Lipinski definition) is 1. The Morgan fingerprint density at radius 3 is 2.62 bits per heavy atom. The number of anilines is 1. The number of nitrogens with one attached hydrogen (secondary N) is 1.